The number of nitrogens with one attached hydrogen (secondary N) is 2. The van der Waals surface area contributed by atoms with E-state index in [4.69, 9.17) is 4.74 Å². The standard InChI is InChI=1S/C11H17N3O3S/c1-12-10-3-4-13-7-11(10)18(15,16)14-8-5-9(6-8)17-2/h3-4,7-9,14H,5-6H2,1-2H3,(H,12,13). The molecule has 0 amide bonds. The zero-order valence-electron chi connectivity index (χ0n) is 10.4. The molecule has 0 saturated heterocycles. The Morgan fingerprint density at radius 3 is 2.78 bits per heavy atom. The molecule has 0 spiro atoms. The molecular formula is C11H17N3O3S. The highest BCUT2D eigenvalue weighted by molar-refractivity contribution is 7.89. The van der Waals surface area contributed by atoms with Gasteiger partial charge in [-0.2, -0.15) is 0 Å². The molecule has 2 rings (SSSR count). The zero-order valence-corrected chi connectivity index (χ0v) is 11.2. The Morgan fingerprint density at radius 1 is 1.44 bits per heavy atom. The van der Waals surface area contributed by atoms with E-state index in [1.54, 1.807) is 26.4 Å². The monoisotopic (exact) mass is 271 g/mol. The molecule has 0 bridgehead atoms. The highest BCUT2D eigenvalue weighted by atomic mass is 32.2. The van der Waals surface area contributed by atoms with E-state index in [0.29, 0.717) is 18.5 Å². The molecule has 1 aliphatic rings. The van der Waals surface area contributed by atoms with Crippen LogP contribution >= 0.6 is 0 Å². The largest absolute Gasteiger partial charge is 0.387 e. The van der Waals surface area contributed by atoms with Gasteiger partial charge in [0.15, 0.2) is 0 Å². The number of hydrogen-bond acceptors (Lipinski definition) is 5. The Balaban J connectivity index is 2.11. The molecular weight excluding hydrogens is 254 g/mol. The molecule has 6 nitrogen and oxygen atoms in total. The van der Waals surface area contributed by atoms with E-state index in [9.17, 15) is 8.42 Å². The van der Waals surface area contributed by atoms with Crippen LogP contribution in [0.3, 0.4) is 0 Å². The minimum absolute atomic E-state index is 0.0511. The van der Waals surface area contributed by atoms with Crippen LogP contribution in [0.15, 0.2) is 23.4 Å². The minimum atomic E-state index is -3.53. The second-order valence-corrected chi connectivity index (χ2v) is 5.95. The molecule has 2 N–H and O–H groups in total. The topological polar surface area (TPSA) is 80.3 Å². The summed E-state index contributed by atoms with van der Waals surface area (Å²) in [6, 6.07) is 1.58. The van der Waals surface area contributed by atoms with Gasteiger partial charge in [0.05, 0.1) is 11.8 Å². The fraction of sp³-hybridized carbons (Fsp3) is 0.545. The molecule has 0 radical (unpaired) electrons. The number of hydrogen-bond donors (Lipinski definition) is 2. The van der Waals surface area contributed by atoms with Crippen LogP contribution < -0.4 is 10.0 Å². The Labute approximate surface area is 107 Å². The number of ether oxygens (including phenoxy) is 1. The molecule has 1 saturated carbocycles. The van der Waals surface area contributed by atoms with Crippen molar-refractivity contribution in [3.8, 4) is 0 Å². The Kier molecular flexibility index (Phi) is 3.84. The highest BCUT2D eigenvalue weighted by Gasteiger charge is 2.33. The van der Waals surface area contributed by atoms with Gasteiger partial charge in [-0.3, -0.25) is 4.98 Å². The van der Waals surface area contributed by atoms with Gasteiger partial charge in [-0.25, -0.2) is 13.1 Å². The minimum Gasteiger partial charge on any atom is -0.387 e. The lowest BCUT2D eigenvalue weighted by molar-refractivity contribution is 0.0236. The average Bonchev–Trinajstić information content (AvgIpc) is 2.33. The van der Waals surface area contributed by atoms with Gasteiger partial charge < -0.3 is 10.1 Å². The van der Waals surface area contributed by atoms with Gasteiger partial charge in [-0.1, -0.05) is 0 Å². The molecule has 1 aromatic heterocycles. The maximum Gasteiger partial charge on any atom is 0.244 e. The lowest BCUT2D eigenvalue weighted by atomic mass is 9.90. The van der Waals surface area contributed by atoms with Crippen LogP contribution in [0.5, 0.6) is 0 Å². The first-order valence-corrected chi connectivity index (χ1v) is 7.22. The average molecular weight is 271 g/mol. The van der Waals surface area contributed by atoms with Crippen LogP contribution in [0.1, 0.15) is 12.8 Å². The van der Waals surface area contributed by atoms with Crippen molar-refractivity contribution in [2.45, 2.75) is 29.9 Å². The van der Waals surface area contributed by atoms with Gasteiger partial charge >= 0.3 is 0 Å². The highest BCUT2D eigenvalue weighted by Crippen LogP contribution is 2.26. The molecule has 0 aromatic carbocycles. The Morgan fingerprint density at radius 2 is 2.17 bits per heavy atom. The fourth-order valence-electron chi connectivity index (χ4n) is 1.94. The Hall–Kier alpha value is -1.18. The van der Waals surface area contributed by atoms with Gasteiger partial charge in [0.2, 0.25) is 10.0 Å². The van der Waals surface area contributed by atoms with Crippen LogP contribution in [0, 0.1) is 0 Å². The van der Waals surface area contributed by atoms with Crippen molar-refractivity contribution in [2.75, 3.05) is 19.5 Å². The van der Waals surface area contributed by atoms with Gasteiger partial charge in [0.25, 0.3) is 0 Å². The summed E-state index contributed by atoms with van der Waals surface area (Å²) in [5, 5.41) is 2.85. The van der Waals surface area contributed by atoms with Crippen molar-refractivity contribution in [1.29, 1.82) is 0 Å². The zero-order chi connectivity index (χ0) is 13.2. The third-order valence-corrected chi connectivity index (χ3v) is 4.64. The smallest absolute Gasteiger partial charge is 0.244 e. The van der Waals surface area contributed by atoms with Crippen LogP contribution in [0.2, 0.25) is 0 Å². The molecule has 1 heterocycles. The van der Waals surface area contributed by atoms with Crippen molar-refractivity contribution in [1.82, 2.24) is 9.71 Å². The molecule has 0 aliphatic heterocycles. The van der Waals surface area contributed by atoms with Crippen molar-refractivity contribution in [3.63, 3.8) is 0 Å². The number of anilines is 1. The lowest BCUT2D eigenvalue weighted by Gasteiger charge is -2.34. The van der Waals surface area contributed by atoms with Crippen molar-refractivity contribution < 1.29 is 13.2 Å². The molecule has 7 heteroatoms. The van der Waals surface area contributed by atoms with Crippen molar-refractivity contribution in [2.24, 2.45) is 0 Å². The summed E-state index contributed by atoms with van der Waals surface area (Å²) in [5.41, 5.74) is 0.542. The second-order valence-electron chi connectivity index (χ2n) is 4.27. The number of nitrogens with zero attached hydrogens (tertiary/aromatic N) is 1. The van der Waals surface area contributed by atoms with E-state index < -0.39 is 10.0 Å². The first kappa shape index (κ1) is 13.3. The summed E-state index contributed by atoms with van der Waals surface area (Å²) >= 11 is 0. The summed E-state index contributed by atoms with van der Waals surface area (Å²) in [6.07, 6.45) is 4.49. The van der Waals surface area contributed by atoms with E-state index in [-0.39, 0.29) is 17.0 Å². The van der Waals surface area contributed by atoms with Gasteiger partial charge in [-0.05, 0) is 18.9 Å². The third-order valence-electron chi connectivity index (χ3n) is 3.09. The van der Waals surface area contributed by atoms with Gasteiger partial charge in [0.1, 0.15) is 4.90 Å². The summed E-state index contributed by atoms with van der Waals surface area (Å²) in [6.45, 7) is 0. The summed E-state index contributed by atoms with van der Waals surface area (Å²) in [7, 11) is -0.212. The van der Waals surface area contributed by atoms with Crippen LogP contribution in [-0.2, 0) is 14.8 Å². The molecule has 0 atom stereocenters. The molecule has 1 aliphatic carbocycles. The van der Waals surface area contributed by atoms with Crippen molar-refractivity contribution >= 4 is 15.7 Å². The number of sulfonamides is 1. The lowest BCUT2D eigenvalue weighted by Crippen LogP contribution is -2.47. The van der Waals surface area contributed by atoms with Crippen LogP contribution in [0.4, 0.5) is 5.69 Å². The molecule has 0 unspecified atom stereocenters. The molecule has 1 fully saturated rings. The van der Waals surface area contributed by atoms with E-state index in [0.717, 1.165) is 0 Å². The summed E-state index contributed by atoms with van der Waals surface area (Å²) in [5.74, 6) is 0. The quantitative estimate of drug-likeness (QED) is 0.819. The van der Waals surface area contributed by atoms with E-state index in [2.05, 4.69) is 15.0 Å². The summed E-state index contributed by atoms with van der Waals surface area (Å²) < 4.78 is 32.1. The number of methoxy groups -OCH3 is 1. The predicted molar refractivity (Wildman–Crippen MR) is 67.9 cm³/mol. The fourth-order valence-corrected chi connectivity index (χ4v) is 3.36. The molecule has 100 valence electrons. The first-order valence-electron chi connectivity index (χ1n) is 5.73. The van der Waals surface area contributed by atoms with E-state index in [1.807, 2.05) is 0 Å². The summed E-state index contributed by atoms with van der Waals surface area (Å²) in [4.78, 5) is 4.03. The maximum absolute atomic E-state index is 12.2. The number of aromatic nitrogens is 1. The second kappa shape index (κ2) is 5.21. The Bertz CT molecular complexity index is 512. The van der Waals surface area contributed by atoms with Crippen LogP contribution in [0.25, 0.3) is 0 Å². The van der Waals surface area contributed by atoms with Gasteiger partial charge in [0, 0.05) is 32.6 Å². The third kappa shape index (κ3) is 2.63. The van der Waals surface area contributed by atoms with E-state index in [1.165, 1.54) is 6.20 Å². The maximum atomic E-state index is 12.2. The number of rotatable bonds is 5. The SMILES string of the molecule is CNc1ccncc1S(=O)(=O)NC1CC(OC)C1. The van der Waals surface area contributed by atoms with Crippen LogP contribution in [-0.4, -0.2) is 39.7 Å². The first-order chi connectivity index (χ1) is 8.56. The number of pyridine rings is 1. The predicted octanol–water partition coefficient (Wildman–Crippen LogP) is 0.579. The van der Waals surface area contributed by atoms with Crippen molar-refractivity contribution in [3.05, 3.63) is 18.5 Å². The van der Waals surface area contributed by atoms with Gasteiger partial charge in [-0.15, -0.1) is 0 Å². The normalized spacial score (nSPS) is 23.4. The molecule has 1 aromatic rings. The van der Waals surface area contributed by atoms with E-state index >= 15 is 0 Å². The molecule has 18 heavy (non-hydrogen) atoms.